The lowest BCUT2D eigenvalue weighted by molar-refractivity contribution is -0.870. The molecule has 0 rings (SSSR count). The second-order valence-electron chi connectivity index (χ2n) is 23.4. The summed E-state index contributed by atoms with van der Waals surface area (Å²) in [5.74, 6) is -0.211. The van der Waals surface area contributed by atoms with Gasteiger partial charge in [-0.05, 0) is 89.9 Å². The summed E-state index contributed by atoms with van der Waals surface area (Å²) in [7, 11) is 1.24. The number of likely N-dealkylation sites (N-methyl/N-ethyl adjacent to an activating group) is 1. The van der Waals surface area contributed by atoms with Crippen molar-refractivity contribution in [2.24, 2.45) is 0 Å². The number of unbranched alkanes of at least 4 members (excludes halogenated alkanes) is 29. The SMILES string of the molecule is CC/C=C\C/C=C\C/C=C\C/C=C\C/C=C\C/C=C\C/C=C\C/C=C\C/C=C\CCCCCCCCCC(=O)NC(COP(=O)([O-])OCC[N+](C)(C)C)C(O)/C=C/CCCCCCCCCCCCCCCCCCCCCCCC. The van der Waals surface area contributed by atoms with Crippen LogP contribution in [0, 0.1) is 0 Å². The molecule has 0 aliphatic heterocycles. The maximum Gasteiger partial charge on any atom is 0.268 e. The van der Waals surface area contributed by atoms with Gasteiger partial charge in [0, 0.05) is 6.42 Å². The van der Waals surface area contributed by atoms with Crippen molar-refractivity contribution in [3.63, 3.8) is 0 Å². The first kappa shape index (κ1) is 77.9. The molecule has 3 atom stereocenters. The average molecular weight is 1150 g/mol. The Kier molecular flexibility index (Phi) is 59.1. The topological polar surface area (TPSA) is 108 Å². The molecule has 0 bridgehead atoms. The highest BCUT2D eigenvalue weighted by Crippen LogP contribution is 2.38. The fourth-order valence-electron chi connectivity index (χ4n) is 9.26. The molecule has 0 spiro atoms. The number of rotatable bonds is 60. The molecule has 0 aromatic heterocycles. The van der Waals surface area contributed by atoms with Crippen LogP contribution in [0.2, 0.25) is 0 Å². The number of carbonyl (C=O) groups excluding carboxylic acids is 1. The molecule has 0 saturated carbocycles. The molecule has 0 radical (unpaired) electrons. The molecule has 0 fully saturated rings. The van der Waals surface area contributed by atoms with Crippen LogP contribution >= 0.6 is 7.82 Å². The number of quaternary nitrogens is 1. The first-order chi connectivity index (χ1) is 39.5. The van der Waals surface area contributed by atoms with Crippen LogP contribution < -0.4 is 10.2 Å². The second-order valence-corrected chi connectivity index (χ2v) is 24.9. The van der Waals surface area contributed by atoms with Gasteiger partial charge in [0.15, 0.2) is 0 Å². The first-order valence-electron chi connectivity index (χ1n) is 33.4. The van der Waals surface area contributed by atoms with Crippen LogP contribution in [0.4, 0.5) is 0 Å². The number of phosphoric ester groups is 1. The highest BCUT2D eigenvalue weighted by molar-refractivity contribution is 7.45. The fourth-order valence-corrected chi connectivity index (χ4v) is 9.99. The fraction of sp³-hybridized carbons (Fsp3) is 0.708. The Morgan fingerprint density at radius 3 is 1.10 bits per heavy atom. The van der Waals surface area contributed by atoms with Crippen LogP contribution in [0.5, 0.6) is 0 Å². The van der Waals surface area contributed by atoms with Crippen molar-refractivity contribution < 1.29 is 32.9 Å². The van der Waals surface area contributed by atoms with Gasteiger partial charge in [-0.15, -0.1) is 0 Å². The minimum absolute atomic E-state index is 0.00898. The molecule has 0 aromatic carbocycles. The highest BCUT2D eigenvalue weighted by Gasteiger charge is 2.23. The van der Waals surface area contributed by atoms with Gasteiger partial charge >= 0.3 is 0 Å². The van der Waals surface area contributed by atoms with E-state index in [0.717, 1.165) is 109 Å². The third kappa shape index (κ3) is 64.3. The van der Waals surface area contributed by atoms with Gasteiger partial charge in [0.2, 0.25) is 5.91 Å². The van der Waals surface area contributed by atoms with E-state index in [1.165, 1.54) is 148 Å². The molecule has 0 aliphatic rings. The van der Waals surface area contributed by atoms with Gasteiger partial charge in [0.25, 0.3) is 7.82 Å². The van der Waals surface area contributed by atoms with E-state index in [-0.39, 0.29) is 12.5 Å². The zero-order valence-corrected chi connectivity index (χ0v) is 54.1. The van der Waals surface area contributed by atoms with Crippen molar-refractivity contribution in [1.82, 2.24) is 5.32 Å². The molecular weight excluding hydrogens is 1020 g/mol. The number of carbonyl (C=O) groups is 1. The van der Waals surface area contributed by atoms with E-state index in [2.05, 4.69) is 129 Å². The molecule has 2 N–H and O–H groups in total. The number of amides is 1. The number of aliphatic hydroxyl groups excluding tert-OH is 1. The number of nitrogens with one attached hydrogen (secondary N) is 1. The minimum atomic E-state index is -4.61. The molecular formula is C72H127N2O6P. The zero-order valence-electron chi connectivity index (χ0n) is 53.2. The minimum Gasteiger partial charge on any atom is -0.756 e. The van der Waals surface area contributed by atoms with Crippen molar-refractivity contribution in [1.29, 1.82) is 0 Å². The Balaban J connectivity index is 4.20. The first-order valence-corrected chi connectivity index (χ1v) is 34.9. The van der Waals surface area contributed by atoms with Crippen LogP contribution in [-0.4, -0.2) is 68.5 Å². The highest BCUT2D eigenvalue weighted by atomic mass is 31.2. The lowest BCUT2D eigenvalue weighted by atomic mass is 10.0. The Labute approximate surface area is 501 Å². The van der Waals surface area contributed by atoms with Crippen molar-refractivity contribution in [3.05, 3.63) is 122 Å². The number of aliphatic hydroxyl groups is 1. The van der Waals surface area contributed by atoms with Crippen molar-refractivity contribution in [3.8, 4) is 0 Å². The quantitative estimate of drug-likeness (QED) is 0.0272. The smallest absolute Gasteiger partial charge is 0.268 e. The Morgan fingerprint density at radius 2 is 0.753 bits per heavy atom. The number of allylic oxidation sites excluding steroid dienone is 19. The largest absolute Gasteiger partial charge is 0.756 e. The van der Waals surface area contributed by atoms with Crippen molar-refractivity contribution in [2.75, 3.05) is 40.9 Å². The predicted octanol–water partition coefficient (Wildman–Crippen LogP) is 20.6. The van der Waals surface area contributed by atoms with Gasteiger partial charge < -0.3 is 28.8 Å². The van der Waals surface area contributed by atoms with E-state index in [4.69, 9.17) is 9.05 Å². The summed E-state index contributed by atoms with van der Waals surface area (Å²) >= 11 is 0. The predicted molar refractivity (Wildman–Crippen MR) is 352 cm³/mol. The molecule has 0 aromatic rings. The molecule has 0 saturated heterocycles. The molecule has 0 heterocycles. The van der Waals surface area contributed by atoms with E-state index in [9.17, 15) is 19.4 Å². The van der Waals surface area contributed by atoms with Crippen molar-refractivity contribution >= 4 is 13.7 Å². The van der Waals surface area contributed by atoms with E-state index < -0.39 is 26.6 Å². The van der Waals surface area contributed by atoms with Crippen LogP contribution in [0.3, 0.4) is 0 Å². The van der Waals surface area contributed by atoms with Crippen molar-refractivity contribution in [2.45, 2.75) is 289 Å². The van der Waals surface area contributed by atoms with Gasteiger partial charge in [-0.2, -0.15) is 0 Å². The van der Waals surface area contributed by atoms with Crippen LogP contribution in [0.25, 0.3) is 0 Å². The maximum absolute atomic E-state index is 13.0. The monoisotopic (exact) mass is 1150 g/mol. The van der Waals surface area contributed by atoms with Crippen LogP contribution in [-0.2, 0) is 18.4 Å². The molecule has 466 valence electrons. The van der Waals surface area contributed by atoms with E-state index in [1.807, 2.05) is 27.2 Å². The summed E-state index contributed by atoms with van der Waals surface area (Å²) in [4.78, 5) is 25.6. The second kappa shape index (κ2) is 61.5. The molecule has 1 amide bonds. The number of hydrogen-bond acceptors (Lipinski definition) is 6. The van der Waals surface area contributed by atoms with E-state index >= 15 is 0 Å². The van der Waals surface area contributed by atoms with Gasteiger partial charge in [-0.1, -0.05) is 302 Å². The van der Waals surface area contributed by atoms with Gasteiger partial charge in [0.1, 0.15) is 13.2 Å². The summed E-state index contributed by atoms with van der Waals surface area (Å²) in [5, 5.41) is 13.9. The van der Waals surface area contributed by atoms with Gasteiger partial charge in [0.05, 0.1) is 39.9 Å². The van der Waals surface area contributed by atoms with E-state index in [0.29, 0.717) is 17.4 Å². The third-order valence-electron chi connectivity index (χ3n) is 14.4. The normalized spacial score (nSPS) is 14.5. The lowest BCUT2D eigenvalue weighted by Crippen LogP contribution is -2.45. The van der Waals surface area contributed by atoms with Crippen LogP contribution in [0.1, 0.15) is 277 Å². The molecule has 81 heavy (non-hydrogen) atoms. The summed E-state index contributed by atoms with van der Waals surface area (Å²) in [6.45, 7) is 4.54. The Morgan fingerprint density at radius 1 is 0.444 bits per heavy atom. The zero-order chi connectivity index (χ0) is 59.1. The third-order valence-corrected chi connectivity index (χ3v) is 15.4. The average Bonchev–Trinajstić information content (AvgIpc) is 3.43. The molecule has 3 unspecified atom stereocenters. The Hall–Kier alpha value is -3.10. The molecule has 0 aliphatic carbocycles. The van der Waals surface area contributed by atoms with Gasteiger partial charge in [-0.25, -0.2) is 0 Å². The van der Waals surface area contributed by atoms with Gasteiger partial charge in [-0.3, -0.25) is 9.36 Å². The summed E-state index contributed by atoms with van der Waals surface area (Å²) < 4.78 is 23.4. The summed E-state index contributed by atoms with van der Waals surface area (Å²) in [5.41, 5.74) is 0. The van der Waals surface area contributed by atoms with E-state index in [1.54, 1.807) is 6.08 Å². The number of hydrogen-bond donors (Lipinski definition) is 2. The van der Waals surface area contributed by atoms with Crippen LogP contribution in [0.15, 0.2) is 122 Å². The summed E-state index contributed by atoms with van der Waals surface area (Å²) in [6, 6.07) is -0.903. The maximum atomic E-state index is 13.0. The standard InChI is InChI=1S/C72H127N2O6P/c1-6-8-10-12-14-16-18-20-22-24-26-28-30-32-33-34-35-36-37-38-39-40-41-42-44-46-48-50-52-54-56-58-60-62-64-66-72(76)73-70(69-80-81(77,78)79-68-67-74(3,4)5)71(75)65-63-61-59-57-55-53-51-49-47-45-43-31-29-27-25-23-21-19-17-15-13-11-9-7-2/h8,10,14,16,20,22,26,28,32-33,35-36,38-39,41-42,46,48,63,65,70-71,75H,6-7,9,11-13,15,17-19,21,23-25,27,29-31,34,37,40,43-45,47,49-62,64,66-69H2,1-5H3,(H-,73,76,77,78)/b10-8-,16-14-,22-20-,28-26-,33-32-,36-35-,39-38-,42-41-,48-46-,65-63+. The Bertz CT molecular complexity index is 1730. The molecule has 8 nitrogen and oxygen atoms in total. The number of phosphoric acid groups is 1. The summed E-state index contributed by atoms with van der Waals surface area (Å²) in [6.07, 6.45) is 91.5. The molecule has 9 heteroatoms. The lowest BCUT2D eigenvalue weighted by Gasteiger charge is -2.29. The number of nitrogens with zero attached hydrogens (tertiary/aromatic N) is 1.